The van der Waals surface area contributed by atoms with Gasteiger partial charge in [-0.3, -0.25) is 14.6 Å². The maximum Gasteiger partial charge on any atom is 0.261 e. The lowest BCUT2D eigenvalue weighted by Crippen LogP contribution is -2.14. The Morgan fingerprint density at radius 1 is 0.893 bits per heavy atom. The van der Waals surface area contributed by atoms with E-state index in [1.165, 1.54) is 12.1 Å². The zero-order valence-corrected chi connectivity index (χ0v) is 15.4. The molecule has 1 heterocycles. The van der Waals surface area contributed by atoms with Gasteiger partial charge in [0.25, 0.3) is 15.9 Å². The van der Waals surface area contributed by atoms with Gasteiger partial charge in [-0.05, 0) is 54.6 Å². The Bertz CT molecular complexity index is 1230. The van der Waals surface area contributed by atoms with Gasteiger partial charge in [0.1, 0.15) is 0 Å². The summed E-state index contributed by atoms with van der Waals surface area (Å²) in [5.41, 5.74) is 2.30. The summed E-state index contributed by atoms with van der Waals surface area (Å²) < 4.78 is 27.4. The van der Waals surface area contributed by atoms with Gasteiger partial charge in [0.05, 0.1) is 16.6 Å². The molecule has 7 nitrogen and oxygen atoms in total. The lowest BCUT2D eigenvalue weighted by atomic mass is 10.1. The summed E-state index contributed by atoms with van der Waals surface area (Å²) in [6.07, 6.45) is 1.64. The number of para-hydroxylation sites is 1. The van der Waals surface area contributed by atoms with Crippen molar-refractivity contribution in [1.29, 1.82) is 0 Å². The van der Waals surface area contributed by atoms with Crippen LogP contribution in [0.5, 0.6) is 0 Å². The van der Waals surface area contributed by atoms with Crippen molar-refractivity contribution in [2.75, 3.05) is 10.0 Å². The number of rotatable bonds is 5. The second-order valence-corrected chi connectivity index (χ2v) is 7.80. The topological polar surface area (TPSA) is 104 Å². The first-order valence-electron chi connectivity index (χ1n) is 8.44. The molecule has 4 aromatic rings. The van der Waals surface area contributed by atoms with Crippen molar-refractivity contribution in [3.8, 4) is 0 Å². The largest absolute Gasteiger partial charge is 0.322 e. The Kier molecular flexibility index (Phi) is 4.54. The molecule has 0 aliphatic carbocycles. The highest BCUT2D eigenvalue weighted by molar-refractivity contribution is 7.92. The normalized spacial score (nSPS) is 11.3. The summed E-state index contributed by atoms with van der Waals surface area (Å²) in [6, 6.07) is 19.8. The second kappa shape index (κ2) is 7.16. The van der Waals surface area contributed by atoms with Crippen LogP contribution in [0.2, 0.25) is 0 Å². The summed E-state index contributed by atoms with van der Waals surface area (Å²) in [5.74, 6) is -0.291. The first kappa shape index (κ1) is 17.7. The summed E-state index contributed by atoms with van der Waals surface area (Å²) >= 11 is 0. The quantitative estimate of drug-likeness (QED) is 0.482. The molecule has 3 aromatic carbocycles. The number of sulfonamides is 1. The van der Waals surface area contributed by atoms with E-state index < -0.39 is 10.0 Å². The molecule has 3 N–H and O–H groups in total. The molecule has 4 rings (SSSR count). The number of aromatic amines is 1. The van der Waals surface area contributed by atoms with E-state index in [2.05, 4.69) is 20.2 Å². The number of nitrogens with one attached hydrogen (secondary N) is 3. The summed E-state index contributed by atoms with van der Waals surface area (Å²) in [5, 5.41) is 10.4. The molecule has 8 heteroatoms. The maximum atomic E-state index is 12.4. The van der Waals surface area contributed by atoms with E-state index >= 15 is 0 Å². The Morgan fingerprint density at radius 2 is 1.64 bits per heavy atom. The highest BCUT2D eigenvalue weighted by Gasteiger charge is 2.14. The van der Waals surface area contributed by atoms with Crippen LogP contribution in [0.4, 0.5) is 11.4 Å². The van der Waals surface area contributed by atoms with E-state index in [0.29, 0.717) is 16.9 Å². The Labute approximate surface area is 161 Å². The molecular formula is C20H16N4O3S. The number of hydrogen-bond acceptors (Lipinski definition) is 4. The number of amides is 1. The van der Waals surface area contributed by atoms with Crippen LogP contribution in [0, 0.1) is 0 Å². The molecule has 0 unspecified atom stereocenters. The highest BCUT2D eigenvalue weighted by Crippen LogP contribution is 2.19. The van der Waals surface area contributed by atoms with Crippen molar-refractivity contribution in [3.05, 3.63) is 84.6 Å². The smallest absolute Gasteiger partial charge is 0.261 e. The van der Waals surface area contributed by atoms with Crippen LogP contribution < -0.4 is 10.0 Å². The predicted molar refractivity (Wildman–Crippen MR) is 108 cm³/mol. The third-order valence-electron chi connectivity index (χ3n) is 4.15. The summed E-state index contributed by atoms with van der Waals surface area (Å²) in [6.45, 7) is 0. The van der Waals surface area contributed by atoms with Gasteiger partial charge in [-0.15, -0.1) is 0 Å². The van der Waals surface area contributed by atoms with E-state index in [1.54, 1.807) is 66.9 Å². The number of anilines is 2. The fourth-order valence-electron chi connectivity index (χ4n) is 2.72. The molecule has 0 atom stereocenters. The summed E-state index contributed by atoms with van der Waals surface area (Å²) in [7, 11) is -3.70. The van der Waals surface area contributed by atoms with Crippen molar-refractivity contribution >= 4 is 38.2 Å². The fourth-order valence-corrected chi connectivity index (χ4v) is 3.78. The molecule has 140 valence electrons. The minimum atomic E-state index is -3.70. The highest BCUT2D eigenvalue weighted by atomic mass is 32.2. The lowest BCUT2D eigenvalue weighted by molar-refractivity contribution is 0.102. The van der Waals surface area contributed by atoms with E-state index in [1.807, 2.05) is 0 Å². The Morgan fingerprint density at radius 3 is 2.39 bits per heavy atom. The zero-order valence-electron chi connectivity index (χ0n) is 14.6. The van der Waals surface area contributed by atoms with Crippen LogP contribution in [0.15, 0.2) is 83.9 Å². The number of carbonyl (C=O) groups excluding carboxylic acids is 1. The Hall–Kier alpha value is -3.65. The molecule has 1 aromatic heterocycles. The lowest BCUT2D eigenvalue weighted by Gasteiger charge is -2.09. The van der Waals surface area contributed by atoms with Gasteiger partial charge in [-0.25, -0.2) is 8.42 Å². The molecule has 0 fully saturated rings. The number of carbonyl (C=O) groups is 1. The minimum absolute atomic E-state index is 0.106. The minimum Gasteiger partial charge on any atom is -0.322 e. The van der Waals surface area contributed by atoms with Crippen LogP contribution in [-0.4, -0.2) is 24.5 Å². The molecule has 0 aliphatic rings. The molecule has 1 amide bonds. The van der Waals surface area contributed by atoms with Crippen LogP contribution in [0.1, 0.15) is 10.4 Å². The standard InChI is InChI=1S/C20H16N4O3S/c25-20(14-6-11-19-15(12-14)13-21-23-19)22-16-7-9-18(10-8-16)28(26,27)24-17-4-2-1-3-5-17/h1-13,24H,(H,21,23)(H,22,25). The molecule has 0 spiro atoms. The van der Waals surface area contributed by atoms with Crippen LogP contribution in [0.3, 0.4) is 0 Å². The van der Waals surface area contributed by atoms with Crippen molar-refractivity contribution < 1.29 is 13.2 Å². The number of nitrogens with zero attached hydrogens (tertiary/aromatic N) is 1. The van der Waals surface area contributed by atoms with Crippen molar-refractivity contribution in [1.82, 2.24) is 10.2 Å². The molecule has 0 saturated heterocycles. The van der Waals surface area contributed by atoms with Crippen LogP contribution >= 0.6 is 0 Å². The average molecular weight is 392 g/mol. The van der Waals surface area contributed by atoms with Gasteiger partial charge in [-0.2, -0.15) is 5.10 Å². The van der Waals surface area contributed by atoms with Crippen LogP contribution in [0.25, 0.3) is 10.9 Å². The third-order valence-corrected chi connectivity index (χ3v) is 5.55. The fraction of sp³-hybridized carbons (Fsp3) is 0. The maximum absolute atomic E-state index is 12.4. The van der Waals surface area contributed by atoms with Gasteiger partial charge < -0.3 is 5.32 Å². The monoisotopic (exact) mass is 392 g/mol. The SMILES string of the molecule is O=C(Nc1ccc(S(=O)(=O)Nc2ccccc2)cc1)c1ccc2[nH]ncc2c1. The van der Waals surface area contributed by atoms with E-state index in [9.17, 15) is 13.2 Å². The molecule has 0 radical (unpaired) electrons. The molecule has 0 aliphatic heterocycles. The number of aromatic nitrogens is 2. The van der Waals surface area contributed by atoms with Gasteiger partial charge in [-0.1, -0.05) is 18.2 Å². The number of benzene rings is 3. The van der Waals surface area contributed by atoms with E-state index in [4.69, 9.17) is 0 Å². The van der Waals surface area contributed by atoms with Gasteiger partial charge in [0.2, 0.25) is 0 Å². The second-order valence-electron chi connectivity index (χ2n) is 6.12. The molecular weight excluding hydrogens is 376 g/mol. The predicted octanol–water partition coefficient (Wildman–Crippen LogP) is 3.62. The number of hydrogen-bond donors (Lipinski definition) is 3. The molecule has 0 bridgehead atoms. The van der Waals surface area contributed by atoms with Crippen molar-refractivity contribution in [2.45, 2.75) is 4.90 Å². The molecule has 0 saturated carbocycles. The molecule has 28 heavy (non-hydrogen) atoms. The Balaban J connectivity index is 1.49. The van der Waals surface area contributed by atoms with Crippen molar-refractivity contribution in [3.63, 3.8) is 0 Å². The number of H-pyrrole nitrogens is 1. The zero-order chi connectivity index (χ0) is 19.6. The van der Waals surface area contributed by atoms with Crippen molar-refractivity contribution in [2.24, 2.45) is 0 Å². The third kappa shape index (κ3) is 3.72. The van der Waals surface area contributed by atoms with E-state index in [-0.39, 0.29) is 10.8 Å². The first-order chi connectivity index (χ1) is 13.5. The first-order valence-corrected chi connectivity index (χ1v) is 9.92. The van der Waals surface area contributed by atoms with E-state index in [0.717, 1.165) is 10.9 Å². The van der Waals surface area contributed by atoms with Gasteiger partial charge in [0.15, 0.2) is 0 Å². The average Bonchev–Trinajstić information content (AvgIpc) is 3.16. The summed E-state index contributed by atoms with van der Waals surface area (Å²) in [4.78, 5) is 12.5. The van der Waals surface area contributed by atoms with Gasteiger partial charge >= 0.3 is 0 Å². The van der Waals surface area contributed by atoms with Crippen LogP contribution in [-0.2, 0) is 10.0 Å². The van der Waals surface area contributed by atoms with Gasteiger partial charge in [0, 0.05) is 22.3 Å². The number of fused-ring (bicyclic) bond motifs is 1.